The molecule has 0 heterocycles. The van der Waals surface area contributed by atoms with Crippen molar-refractivity contribution in [3.63, 3.8) is 0 Å². The van der Waals surface area contributed by atoms with E-state index >= 15 is 0 Å². The normalized spacial score (nSPS) is 11.0. The van der Waals surface area contributed by atoms with Crippen molar-refractivity contribution in [2.45, 2.75) is 13.5 Å². The summed E-state index contributed by atoms with van der Waals surface area (Å²) >= 11 is 0. The number of rotatable bonds is 7. The Bertz CT molecular complexity index is 376. The maximum atomic E-state index is 13.3. The average molecular weight is 255 g/mol. The molecule has 0 aromatic heterocycles. The Balaban J connectivity index is 2.60. The third-order valence-electron chi connectivity index (χ3n) is 2.55. The highest BCUT2D eigenvalue weighted by Gasteiger charge is 2.13. The van der Waals surface area contributed by atoms with Gasteiger partial charge in [-0.1, -0.05) is 6.07 Å². The summed E-state index contributed by atoms with van der Waals surface area (Å²) in [5.74, 6) is -0.464. The number of halogens is 1. The Morgan fingerprint density at radius 3 is 2.67 bits per heavy atom. The molecule has 0 amide bonds. The fourth-order valence-electron chi connectivity index (χ4n) is 1.67. The van der Waals surface area contributed by atoms with Crippen LogP contribution in [-0.2, 0) is 11.3 Å². The third-order valence-corrected chi connectivity index (χ3v) is 2.55. The first-order valence-corrected chi connectivity index (χ1v) is 5.94. The molecule has 0 saturated carbocycles. The maximum absolute atomic E-state index is 13.3. The zero-order chi connectivity index (χ0) is 13.5. The molecule has 1 aromatic rings. The van der Waals surface area contributed by atoms with Crippen LogP contribution in [0.5, 0.6) is 0 Å². The smallest absolute Gasteiger partial charge is 0.423 e. The molecule has 0 atom stereocenters. The van der Waals surface area contributed by atoms with Crippen LogP contribution in [0.25, 0.3) is 0 Å². The molecule has 0 saturated heterocycles. The van der Waals surface area contributed by atoms with Crippen molar-refractivity contribution in [1.29, 1.82) is 0 Å². The van der Waals surface area contributed by atoms with Crippen LogP contribution in [0.15, 0.2) is 18.2 Å². The van der Waals surface area contributed by atoms with Gasteiger partial charge < -0.3 is 14.8 Å². The van der Waals surface area contributed by atoms with Gasteiger partial charge in [0.25, 0.3) is 0 Å². The van der Waals surface area contributed by atoms with E-state index in [-0.39, 0.29) is 5.46 Å². The van der Waals surface area contributed by atoms with E-state index in [0.29, 0.717) is 25.3 Å². The van der Waals surface area contributed by atoms with E-state index in [1.54, 1.807) is 6.07 Å². The molecule has 0 aliphatic heterocycles. The molecule has 18 heavy (non-hydrogen) atoms. The molecule has 0 fully saturated rings. The fourth-order valence-corrected chi connectivity index (χ4v) is 1.67. The standard InChI is InChI=1S/C12H19BFNO3/c1-3-18-5-4-15(2)9-10-6-11(13(16)17)8-12(14)7-10/h6-8,16-17H,3-5,9H2,1-2H3. The molecular weight excluding hydrogens is 236 g/mol. The second-order valence-corrected chi connectivity index (χ2v) is 4.20. The molecule has 2 N–H and O–H groups in total. The van der Waals surface area contributed by atoms with Crippen molar-refractivity contribution >= 4 is 12.6 Å². The zero-order valence-electron chi connectivity index (χ0n) is 10.8. The third kappa shape index (κ3) is 5.14. The van der Waals surface area contributed by atoms with Gasteiger partial charge in [0.1, 0.15) is 5.82 Å². The minimum Gasteiger partial charge on any atom is -0.423 e. The zero-order valence-corrected chi connectivity index (χ0v) is 10.8. The van der Waals surface area contributed by atoms with E-state index in [4.69, 9.17) is 14.8 Å². The lowest BCUT2D eigenvalue weighted by Crippen LogP contribution is -2.31. The summed E-state index contributed by atoms with van der Waals surface area (Å²) in [6.07, 6.45) is 0. The average Bonchev–Trinajstić information content (AvgIpc) is 2.28. The van der Waals surface area contributed by atoms with E-state index in [1.165, 1.54) is 6.07 Å². The van der Waals surface area contributed by atoms with Crippen molar-refractivity contribution in [3.05, 3.63) is 29.6 Å². The van der Waals surface area contributed by atoms with Gasteiger partial charge in [0.15, 0.2) is 0 Å². The number of hydrogen-bond donors (Lipinski definition) is 2. The van der Waals surface area contributed by atoms with Crippen molar-refractivity contribution < 1.29 is 19.2 Å². The van der Waals surface area contributed by atoms with E-state index < -0.39 is 12.9 Å². The molecule has 0 spiro atoms. The van der Waals surface area contributed by atoms with Crippen LogP contribution in [0, 0.1) is 5.82 Å². The fraction of sp³-hybridized carbons (Fsp3) is 0.500. The van der Waals surface area contributed by atoms with Crippen molar-refractivity contribution in [3.8, 4) is 0 Å². The molecule has 6 heteroatoms. The van der Waals surface area contributed by atoms with Gasteiger partial charge in [-0.05, 0) is 37.1 Å². The van der Waals surface area contributed by atoms with Crippen LogP contribution >= 0.6 is 0 Å². The van der Waals surface area contributed by atoms with Crippen LogP contribution in [0.2, 0.25) is 0 Å². The van der Waals surface area contributed by atoms with Crippen LogP contribution < -0.4 is 5.46 Å². The van der Waals surface area contributed by atoms with Gasteiger partial charge in [-0.25, -0.2) is 4.39 Å². The van der Waals surface area contributed by atoms with Gasteiger partial charge in [0.2, 0.25) is 0 Å². The lowest BCUT2D eigenvalue weighted by molar-refractivity contribution is 0.120. The Morgan fingerprint density at radius 1 is 1.33 bits per heavy atom. The highest BCUT2D eigenvalue weighted by atomic mass is 19.1. The van der Waals surface area contributed by atoms with Gasteiger partial charge >= 0.3 is 7.12 Å². The van der Waals surface area contributed by atoms with Gasteiger partial charge in [0.05, 0.1) is 6.61 Å². The predicted molar refractivity (Wildman–Crippen MR) is 69.1 cm³/mol. The van der Waals surface area contributed by atoms with Gasteiger partial charge in [0, 0.05) is 19.7 Å². The van der Waals surface area contributed by atoms with Crippen LogP contribution in [0.4, 0.5) is 4.39 Å². The van der Waals surface area contributed by atoms with Crippen LogP contribution in [-0.4, -0.2) is 48.9 Å². The topological polar surface area (TPSA) is 52.9 Å². The molecular formula is C12H19BFNO3. The quantitative estimate of drug-likeness (QED) is 0.531. The summed E-state index contributed by atoms with van der Waals surface area (Å²) in [6.45, 7) is 4.50. The lowest BCUT2D eigenvalue weighted by Gasteiger charge is -2.17. The lowest BCUT2D eigenvalue weighted by atomic mass is 9.79. The number of hydrogen-bond acceptors (Lipinski definition) is 4. The van der Waals surface area contributed by atoms with Gasteiger partial charge in [-0.2, -0.15) is 0 Å². The van der Waals surface area contributed by atoms with Crippen LogP contribution in [0.1, 0.15) is 12.5 Å². The second-order valence-electron chi connectivity index (χ2n) is 4.20. The highest BCUT2D eigenvalue weighted by Crippen LogP contribution is 2.05. The Morgan fingerprint density at radius 2 is 2.06 bits per heavy atom. The van der Waals surface area contributed by atoms with Crippen molar-refractivity contribution in [2.75, 3.05) is 26.8 Å². The molecule has 0 aliphatic carbocycles. The monoisotopic (exact) mass is 255 g/mol. The number of ether oxygens (including phenoxy) is 1. The first-order chi connectivity index (χ1) is 8.52. The van der Waals surface area contributed by atoms with Gasteiger partial charge in [-0.15, -0.1) is 0 Å². The van der Waals surface area contributed by atoms with Crippen molar-refractivity contribution in [2.24, 2.45) is 0 Å². The number of nitrogens with zero attached hydrogens (tertiary/aromatic N) is 1. The largest absolute Gasteiger partial charge is 0.488 e. The summed E-state index contributed by atoms with van der Waals surface area (Å²) < 4.78 is 18.5. The molecule has 4 nitrogen and oxygen atoms in total. The van der Waals surface area contributed by atoms with Crippen LogP contribution in [0.3, 0.4) is 0 Å². The van der Waals surface area contributed by atoms with E-state index in [1.807, 2.05) is 18.9 Å². The summed E-state index contributed by atoms with van der Waals surface area (Å²) in [6, 6.07) is 4.10. The minimum atomic E-state index is -1.65. The number of likely N-dealkylation sites (N-methyl/N-ethyl adjacent to an activating group) is 1. The first-order valence-electron chi connectivity index (χ1n) is 5.94. The van der Waals surface area contributed by atoms with E-state index in [9.17, 15) is 4.39 Å². The van der Waals surface area contributed by atoms with E-state index in [0.717, 1.165) is 12.6 Å². The molecule has 0 unspecified atom stereocenters. The highest BCUT2D eigenvalue weighted by molar-refractivity contribution is 6.58. The molecule has 1 aromatic carbocycles. The Hall–Kier alpha value is -0.945. The Labute approximate surface area is 107 Å². The summed E-state index contributed by atoms with van der Waals surface area (Å²) in [7, 11) is 0.257. The predicted octanol–water partition coefficient (Wildman–Crippen LogP) is -0.0262. The molecule has 0 bridgehead atoms. The maximum Gasteiger partial charge on any atom is 0.488 e. The first kappa shape index (κ1) is 15.1. The number of benzene rings is 1. The summed E-state index contributed by atoms with van der Waals surface area (Å²) in [5, 5.41) is 18.1. The molecule has 1 rings (SSSR count). The second kappa shape index (κ2) is 7.48. The SMILES string of the molecule is CCOCCN(C)Cc1cc(F)cc(B(O)O)c1. The molecule has 0 radical (unpaired) electrons. The van der Waals surface area contributed by atoms with Gasteiger partial charge in [-0.3, -0.25) is 4.90 Å². The minimum absolute atomic E-state index is 0.170. The van der Waals surface area contributed by atoms with Crippen molar-refractivity contribution in [1.82, 2.24) is 4.90 Å². The van der Waals surface area contributed by atoms with E-state index in [2.05, 4.69) is 0 Å². The molecule has 100 valence electrons. The molecule has 0 aliphatic rings. The Kier molecular flexibility index (Phi) is 6.28. The summed E-state index contributed by atoms with van der Waals surface area (Å²) in [4.78, 5) is 1.98. The summed E-state index contributed by atoms with van der Waals surface area (Å²) in [5.41, 5.74) is 0.875.